The van der Waals surface area contributed by atoms with Crippen LogP contribution in [0.5, 0.6) is 0 Å². The smallest absolute Gasteiger partial charge is 0.0554 e. The number of nitrogens with one attached hydrogen (secondary N) is 1. The molecule has 0 amide bonds. The Labute approximate surface area is 147 Å². The first-order valence-electron chi connectivity index (χ1n) is 8.05. The molecule has 2 aliphatic rings. The molecule has 118 valence electrons. The van der Waals surface area contributed by atoms with Crippen LogP contribution in [0.3, 0.4) is 0 Å². The summed E-state index contributed by atoms with van der Waals surface area (Å²) in [5, 5.41) is 4.64. The van der Waals surface area contributed by atoms with Gasteiger partial charge in [0.15, 0.2) is 0 Å². The van der Waals surface area contributed by atoms with Gasteiger partial charge in [0.2, 0.25) is 0 Å². The second-order valence-electron chi connectivity index (χ2n) is 6.39. The Bertz CT molecular complexity index is 766. The molecule has 1 N–H and O–H groups in total. The summed E-state index contributed by atoms with van der Waals surface area (Å²) in [4.78, 5) is 1.31. The molecule has 0 aromatic heterocycles. The molecule has 0 saturated heterocycles. The Morgan fingerprint density at radius 1 is 1.13 bits per heavy atom. The van der Waals surface area contributed by atoms with Crippen LogP contribution < -0.4 is 5.32 Å². The monoisotopic (exact) mass is 341 g/mol. The standard InChI is InChI=1S/C20H20ClNS/c1-12-18(21)11-10-17-15-4-3-5-16(15)20(22-19(12)17)13-6-8-14(23-2)9-7-13/h3-4,6-11,15-16,20,22H,5H2,1-2H3. The summed E-state index contributed by atoms with van der Waals surface area (Å²) >= 11 is 8.15. The predicted molar refractivity (Wildman–Crippen MR) is 101 cm³/mol. The van der Waals surface area contributed by atoms with Gasteiger partial charge < -0.3 is 5.32 Å². The molecule has 3 atom stereocenters. The number of rotatable bonds is 2. The van der Waals surface area contributed by atoms with E-state index in [2.05, 4.69) is 61.0 Å². The number of halogens is 1. The topological polar surface area (TPSA) is 12.0 Å². The highest BCUT2D eigenvalue weighted by atomic mass is 35.5. The van der Waals surface area contributed by atoms with Crippen LogP contribution in [0.1, 0.15) is 35.1 Å². The van der Waals surface area contributed by atoms with Crippen molar-refractivity contribution in [2.75, 3.05) is 11.6 Å². The highest BCUT2D eigenvalue weighted by Crippen LogP contribution is 2.51. The van der Waals surface area contributed by atoms with E-state index in [9.17, 15) is 0 Å². The number of anilines is 1. The van der Waals surface area contributed by atoms with Crippen molar-refractivity contribution in [2.24, 2.45) is 5.92 Å². The Kier molecular flexibility index (Phi) is 3.90. The van der Waals surface area contributed by atoms with E-state index >= 15 is 0 Å². The Morgan fingerprint density at radius 2 is 1.91 bits per heavy atom. The lowest BCUT2D eigenvalue weighted by molar-refractivity contribution is 0.425. The van der Waals surface area contributed by atoms with E-state index < -0.39 is 0 Å². The van der Waals surface area contributed by atoms with Gasteiger partial charge in [0, 0.05) is 21.5 Å². The van der Waals surface area contributed by atoms with Crippen LogP contribution in [0.15, 0.2) is 53.4 Å². The molecule has 0 fully saturated rings. The predicted octanol–water partition coefficient (Wildman–Crippen LogP) is 6.20. The van der Waals surface area contributed by atoms with E-state index in [1.807, 2.05) is 6.07 Å². The normalized spacial score (nSPS) is 24.9. The second kappa shape index (κ2) is 5.92. The zero-order valence-electron chi connectivity index (χ0n) is 13.3. The fraction of sp³-hybridized carbons (Fsp3) is 0.300. The minimum Gasteiger partial charge on any atom is -0.377 e. The highest BCUT2D eigenvalue weighted by Gasteiger charge is 2.38. The maximum Gasteiger partial charge on any atom is 0.0554 e. The minimum absolute atomic E-state index is 0.343. The molecular formula is C20H20ClNS. The van der Waals surface area contributed by atoms with Crippen LogP contribution in [0.2, 0.25) is 5.02 Å². The zero-order valence-corrected chi connectivity index (χ0v) is 14.9. The average Bonchev–Trinajstić information content (AvgIpc) is 3.07. The molecule has 3 unspecified atom stereocenters. The molecule has 0 saturated carbocycles. The van der Waals surface area contributed by atoms with E-state index in [1.165, 1.54) is 21.7 Å². The van der Waals surface area contributed by atoms with Crippen LogP contribution in [0, 0.1) is 12.8 Å². The SMILES string of the molecule is CSc1ccc(C2Nc3c(ccc(Cl)c3C)C3C=CCC32)cc1. The van der Waals surface area contributed by atoms with Crippen molar-refractivity contribution in [1.29, 1.82) is 0 Å². The fourth-order valence-electron chi connectivity index (χ4n) is 3.93. The summed E-state index contributed by atoms with van der Waals surface area (Å²) in [5.41, 5.74) is 5.15. The summed E-state index contributed by atoms with van der Waals surface area (Å²) < 4.78 is 0. The first-order chi connectivity index (χ1) is 11.2. The van der Waals surface area contributed by atoms with Crippen molar-refractivity contribution in [3.8, 4) is 0 Å². The van der Waals surface area contributed by atoms with Gasteiger partial charge in [-0.05, 0) is 60.4 Å². The molecule has 4 rings (SSSR count). The molecule has 23 heavy (non-hydrogen) atoms. The van der Waals surface area contributed by atoms with E-state index in [0.29, 0.717) is 17.9 Å². The number of fused-ring (bicyclic) bond motifs is 3. The highest BCUT2D eigenvalue weighted by molar-refractivity contribution is 7.98. The first-order valence-corrected chi connectivity index (χ1v) is 9.65. The number of hydrogen-bond donors (Lipinski definition) is 1. The fourth-order valence-corrected chi connectivity index (χ4v) is 4.50. The molecule has 2 aromatic rings. The van der Waals surface area contributed by atoms with Gasteiger partial charge in [-0.3, -0.25) is 0 Å². The lowest BCUT2D eigenvalue weighted by Crippen LogP contribution is -2.29. The third kappa shape index (κ3) is 2.49. The Morgan fingerprint density at radius 3 is 2.65 bits per heavy atom. The van der Waals surface area contributed by atoms with Gasteiger partial charge in [-0.2, -0.15) is 0 Å². The molecule has 1 aliphatic heterocycles. The van der Waals surface area contributed by atoms with Gasteiger partial charge in [0.1, 0.15) is 0 Å². The van der Waals surface area contributed by atoms with Crippen molar-refractivity contribution in [2.45, 2.75) is 30.2 Å². The molecular weight excluding hydrogens is 322 g/mol. The Hall–Kier alpha value is -1.38. The van der Waals surface area contributed by atoms with Crippen molar-refractivity contribution in [1.82, 2.24) is 0 Å². The maximum atomic E-state index is 6.36. The summed E-state index contributed by atoms with van der Waals surface area (Å²) in [6.45, 7) is 2.11. The summed E-state index contributed by atoms with van der Waals surface area (Å²) in [5.74, 6) is 1.08. The molecule has 3 heteroatoms. The molecule has 2 aromatic carbocycles. The second-order valence-corrected chi connectivity index (χ2v) is 7.67. The number of allylic oxidation sites excluding steroid dienone is 2. The number of benzene rings is 2. The average molecular weight is 342 g/mol. The van der Waals surface area contributed by atoms with Crippen molar-refractivity contribution in [3.63, 3.8) is 0 Å². The van der Waals surface area contributed by atoms with Gasteiger partial charge in [-0.15, -0.1) is 11.8 Å². The quantitative estimate of drug-likeness (QED) is 0.515. The van der Waals surface area contributed by atoms with Gasteiger partial charge in [0.25, 0.3) is 0 Å². The van der Waals surface area contributed by atoms with Crippen molar-refractivity contribution >= 4 is 29.1 Å². The summed E-state index contributed by atoms with van der Waals surface area (Å²) in [7, 11) is 0. The van der Waals surface area contributed by atoms with Crippen molar-refractivity contribution in [3.05, 3.63) is 70.3 Å². The first kappa shape index (κ1) is 15.2. The molecule has 1 aliphatic carbocycles. The van der Waals surface area contributed by atoms with Crippen molar-refractivity contribution < 1.29 is 0 Å². The lowest BCUT2D eigenvalue weighted by Gasteiger charge is -2.38. The van der Waals surface area contributed by atoms with Gasteiger partial charge in [-0.1, -0.05) is 42.0 Å². The van der Waals surface area contributed by atoms with Crippen LogP contribution in [-0.4, -0.2) is 6.26 Å². The largest absolute Gasteiger partial charge is 0.377 e. The molecule has 1 nitrogen and oxygen atoms in total. The van der Waals surface area contributed by atoms with E-state index in [-0.39, 0.29) is 0 Å². The van der Waals surface area contributed by atoms with Crippen LogP contribution >= 0.6 is 23.4 Å². The van der Waals surface area contributed by atoms with Crippen LogP contribution in [0.4, 0.5) is 5.69 Å². The Balaban J connectivity index is 1.78. The molecule has 1 heterocycles. The molecule has 0 radical (unpaired) electrons. The van der Waals surface area contributed by atoms with E-state index in [0.717, 1.165) is 17.0 Å². The molecule has 0 spiro atoms. The van der Waals surface area contributed by atoms with Gasteiger partial charge >= 0.3 is 0 Å². The van der Waals surface area contributed by atoms with E-state index in [4.69, 9.17) is 11.6 Å². The summed E-state index contributed by atoms with van der Waals surface area (Å²) in [6.07, 6.45) is 7.96. The minimum atomic E-state index is 0.343. The molecule has 0 bridgehead atoms. The van der Waals surface area contributed by atoms with Crippen LogP contribution in [0.25, 0.3) is 0 Å². The summed E-state index contributed by atoms with van der Waals surface area (Å²) in [6, 6.07) is 13.6. The lowest BCUT2D eigenvalue weighted by atomic mass is 9.76. The van der Waals surface area contributed by atoms with Crippen LogP contribution in [-0.2, 0) is 0 Å². The maximum absolute atomic E-state index is 6.36. The third-order valence-corrected chi connectivity index (χ3v) is 6.36. The third-order valence-electron chi connectivity index (χ3n) is 5.21. The zero-order chi connectivity index (χ0) is 16.0. The van der Waals surface area contributed by atoms with Gasteiger partial charge in [-0.25, -0.2) is 0 Å². The number of thioether (sulfide) groups is 1. The van der Waals surface area contributed by atoms with Gasteiger partial charge in [0.05, 0.1) is 6.04 Å². The van der Waals surface area contributed by atoms with E-state index in [1.54, 1.807) is 11.8 Å². The number of hydrogen-bond acceptors (Lipinski definition) is 2.